The third-order valence-corrected chi connectivity index (χ3v) is 7.11. The van der Waals surface area contributed by atoms with Gasteiger partial charge in [-0.25, -0.2) is 8.42 Å². The van der Waals surface area contributed by atoms with Gasteiger partial charge in [0.15, 0.2) is 0 Å². The summed E-state index contributed by atoms with van der Waals surface area (Å²) in [4.78, 5) is 0.940. The van der Waals surface area contributed by atoms with Gasteiger partial charge in [0, 0.05) is 5.92 Å². The van der Waals surface area contributed by atoms with Crippen molar-refractivity contribution >= 4 is 9.84 Å². The molecule has 0 spiro atoms. The highest BCUT2D eigenvalue weighted by Crippen LogP contribution is 2.46. The molecule has 0 aliphatic carbocycles. The van der Waals surface area contributed by atoms with Crippen molar-refractivity contribution in [3.63, 3.8) is 0 Å². The number of hydrogen-bond donors (Lipinski definition) is 0. The molecule has 3 rings (SSSR count). The van der Waals surface area contributed by atoms with Crippen LogP contribution >= 0.6 is 0 Å². The van der Waals surface area contributed by atoms with E-state index in [0.29, 0.717) is 9.79 Å². The smallest absolute Gasteiger partial charge is 0.207 e. The fraction of sp³-hybridized carbons (Fsp3) is 0.455. The molecule has 2 aromatic rings. The molecule has 0 fully saturated rings. The minimum atomic E-state index is -3.48. The highest BCUT2D eigenvalue weighted by molar-refractivity contribution is 7.91. The van der Waals surface area contributed by atoms with Gasteiger partial charge in [0.2, 0.25) is 9.84 Å². The van der Waals surface area contributed by atoms with Crippen LogP contribution in [0.15, 0.2) is 46.2 Å². The van der Waals surface area contributed by atoms with Gasteiger partial charge < -0.3 is 0 Å². The average molecular weight is 357 g/mol. The Bertz CT molecular complexity index is 939. The van der Waals surface area contributed by atoms with Gasteiger partial charge in [-0.05, 0) is 45.2 Å². The fourth-order valence-corrected chi connectivity index (χ4v) is 5.62. The van der Waals surface area contributed by atoms with Crippen molar-refractivity contribution in [3.05, 3.63) is 58.7 Å². The molecule has 0 aromatic heterocycles. The molecule has 1 aliphatic heterocycles. The lowest BCUT2D eigenvalue weighted by Gasteiger charge is -2.33. The Morgan fingerprint density at radius 1 is 0.840 bits per heavy atom. The van der Waals surface area contributed by atoms with E-state index in [1.807, 2.05) is 12.1 Å². The zero-order chi connectivity index (χ0) is 18.8. The van der Waals surface area contributed by atoms with Gasteiger partial charge in [-0.2, -0.15) is 0 Å². The van der Waals surface area contributed by atoms with E-state index < -0.39 is 9.84 Å². The Hall–Kier alpha value is -1.61. The van der Waals surface area contributed by atoms with Crippen molar-refractivity contribution < 1.29 is 8.42 Å². The van der Waals surface area contributed by atoms with Gasteiger partial charge in [0.05, 0.1) is 9.79 Å². The quantitative estimate of drug-likeness (QED) is 0.617. The van der Waals surface area contributed by atoms with E-state index in [4.69, 9.17) is 0 Å². The molecule has 0 saturated heterocycles. The van der Waals surface area contributed by atoms with Crippen LogP contribution in [0, 0.1) is 0 Å². The highest BCUT2D eigenvalue weighted by Gasteiger charge is 2.37. The fourth-order valence-electron chi connectivity index (χ4n) is 3.75. The minimum absolute atomic E-state index is 0.0116. The number of hydrogen-bond acceptors (Lipinski definition) is 2. The summed E-state index contributed by atoms with van der Waals surface area (Å²) in [5, 5.41) is 0. The van der Waals surface area contributed by atoms with Crippen LogP contribution in [0.1, 0.15) is 76.6 Å². The van der Waals surface area contributed by atoms with E-state index in [1.165, 1.54) is 5.56 Å². The lowest BCUT2D eigenvalue weighted by Crippen LogP contribution is -2.24. The predicted octanol–water partition coefficient (Wildman–Crippen LogP) is 5.58. The molecule has 3 heteroatoms. The Morgan fingerprint density at radius 2 is 1.48 bits per heavy atom. The largest absolute Gasteiger partial charge is 0.218 e. The molecular formula is C22H28O2S. The van der Waals surface area contributed by atoms with Crippen molar-refractivity contribution in [2.24, 2.45) is 0 Å². The Morgan fingerprint density at radius 3 is 2.04 bits per heavy atom. The predicted molar refractivity (Wildman–Crippen MR) is 103 cm³/mol. The van der Waals surface area contributed by atoms with Crippen LogP contribution in [-0.4, -0.2) is 8.42 Å². The number of benzene rings is 2. The highest BCUT2D eigenvalue weighted by atomic mass is 32.2. The van der Waals surface area contributed by atoms with Crippen LogP contribution in [0.3, 0.4) is 0 Å². The second kappa shape index (κ2) is 5.44. The van der Waals surface area contributed by atoms with Crippen molar-refractivity contribution in [1.82, 2.24) is 0 Å². The van der Waals surface area contributed by atoms with Gasteiger partial charge in [-0.15, -0.1) is 0 Å². The lowest BCUT2D eigenvalue weighted by atomic mass is 9.77. The lowest BCUT2D eigenvalue weighted by molar-refractivity contribution is 0.560. The Labute approximate surface area is 152 Å². The summed E-state index contributed by atoms with van der Waals surface area (Å²) in [5.41, 5.74) is 4.07. The van der Waals surface area contributed by atoms with E-state index in [0.717, 1.165) is 16.7 Å². The van der Waals surface area contributed by atoms with E-state index in [2.05, 4.69) is 60.6 Å². The molecular weight excluding hydrogens is 328 g/mol. The van der Waals surface area contributed by atoms with Crippen LogP contribution in [0.4, 0.5) is 0 Å². The summed E-state index contributed by atoms with van der Waals surface area (Å²) < 4.78 is 26.6. The standard InChI is InChI=1S/C22H28O2S/c1-14-16-13-15(21(2,3)4)11-12-18(16)25(23,24)19-10-8-9-17(20(14)19)22(5,6)7/h8-14H,1-7H3. The molecule has 134 valence electrons. The first-order chi connectivity index (χ1) is 11.3. The minimum Gasteiger partial charge on any atom is -0.218 e. The van der Waals surface area contributed by atoms with E-state index >= 15 is 0 Å². The van der Waals surface area contributed by atoms with Crippen LogP contribution in [0.2, 0.25) is 0 Å². The van der Waals surface area contributed by atoms with Gasteiger partial charge in [0.1, 0.15) is 0 Å². The number of rotatable bonds is 0. The summed E-state index contributed by atoms with van der Waals surface area (Å²) in [6, 6.07) is 11.6. The third-order valence-electron chi connectivity index (χ3n) is 5.23. The van der Waals surface area contributed by atoms with Crippen molar-refractivity contribution in [3.8, 4) is 0 Å². The maximum absolute atomic E-state index is 13.3. The molecule has 25 heavy (non-hydrogen) atoms. The van der Waals surface area contributed by atoms with Gasteiger partial charge in [-0.1, -0.05) is 72.7 Å². The van der Waals surface area contributed by atoms with Crippen LogP contribution < -0.4 is 0 Å². The van der Waals surface area contributed by atoms with Gasteiger partial charge in [0.25, 0.3) is 0 Å². The molecule has 0 bridgehead atoms. The average Bonchev–Trinajstić information content (AvgIpc) is 2.50. The second-order valence-corrected chi connectivity index (χ2v) is 11.1. The first-order valence-corrected chi connectivity index (χ1v) is 10.4. The maximum Gasteiger partial charge on any atom is 0.207 e. The summed E-state index contributed by atoms with van der Waals surface area (Å²) in [5.74, 6) is 0.0613. The normalized spacial score (nSPS) is 19.2. The van der Waals surface area contributed by atoms with Gasteiger partial charge in [-0.3, -0.25) is 0 Å². The van der Waals surface area contributed by atoms with Gasteiger partial charge >= 0.3 is 0 Å². The van der Waals surface area contributed by atoms with Crippen molar-refractivity contribution in [2.45, 2.75) is 75.0 Å². The molecule has 0 amide bonds. The molecule has 1 atom stereocenters. The zero-order valence-corrected chi connectivity index (χ0v) is 17.1. The molecule has 1 aliphatic rings. The van der Waals surface area contributed by atoms with Crippen molar-refractivity contribution in [1.29, 1.82) is 0 Å². The summed E-state index contributed by atoms with van der Waals surface area (Å²) in [6.07, 6.45) is 0. The number of sulfone groups is 1. The van der Waals surface area contributed by atoms with Crippen LogP contribution in [0.25, 0.3) is 0 Å². The molecule has 2 nitrogen and oxygen atoms in total. The topological polar surface area (TPSA) is 34.1 Å². The number of fused-ring (bicyclic) bond motifs is 2. The van der Waals surface area contributed by atoms with Crippen LogP contribution in [-0.2, 0) is 20.7 Å². The van der Waals surface area contributed by atoms with Crippen LogP contribution in [0.5, 0.6) is 0 Å². The molecule has 0 N–H and O–H groups in total. The zero-order valence-electron chi connectivity index (χ0n) is 16.3. The SMILES string of the molecule is CC1c2cc(C(C)(C)C)ccc2S(=O)(=O)c2cccc(C(C)(C)C)c21. The molecule has 2 aromatic carbocycles. The van der Waals surface area contributed by atoms with E-state index in [1.54, 1.807) is 12.1 Å². The molecule has 1 unspecified atom stereocenters. The molecule has 1 heterocycles. The first-order valence-electron chi connectivity index (χ1n) is 8.88. The van der Waals surface area contributed by atoms with Crippen molar-refractivity contribution in [2.75, 3.05) is 0 Å². The van der Waals surface area contributed by atoms with E-state index in [9.17, 15) is 8.42 Å². The first kappa shape index (κ1) is 18.2. The molecule has 0 saturated carbocycles. The summed E-state index contributed by atoms with van der Waals surface area (Å²) >= 11 is 0. The maximum atomic E-state index is 13.3. The second-order valence-electron chi connectivity index (χ2n) is 9.20. The summed E-state index contributed by atoms with van der Waals surface area (Å²) in [7, 11) is -3.48. The van der Waals surface area contributed by atoms with E-state index in [-0.39, 0.29) is 16.7 Å². The monoisotopic (exact) mass is 356 g/mol. The Kier molecular flexibility index (Phi) is 3.96. The third kappa shape index (κ3) is 2.83. The summed E-state index contributed by atoms with van der Waals surface area (Å²) in [6.45, 7) is 15.0. The molecule has 0 radical (unpaired) electrons. The Balaban J connectivity index is 2.36.